The summed E-state index contributed by atoms with van der Waals surface area (Å²) in [5.41, 5.74) is 1.06. The van der Waals surface area contributed by atoms with Gasteiger partial charge in [0.05, 0.1) is 13.2 Å². The van der Waals surface area contributed by atoms with Crippen LogP contribution in [0.4, 0.5) is 0 Å². The molecule has 116 valence electrons. The van der Waals surface area contributed by atoms with Crippen molar-refractivity contribution >= 4 is 5.91 Å². The van der Waals surface area contributed by atoms with Crippen LogP contribution in [0, 0.1) is 0 Å². The van der Waals surface area contributed by atoms with Crippen molar-refractivity contribution in [3.63, 3.8) is 0 Å². The minimum absolute atomic E-state index is 0.0648. The summed E-state index contributed by atoms with van der Waals surface area (Å²) < 4.78 is 10.8. The predicted molar refractivity (Wildman–Crippen MR) is 86.1 cm³/mol. The van der Waals surface area contributed by atoms with Gasteiger partial charge in [0.15, 0.2) is 6.10 Å². The molecule has 2 atom stereocenters. The number of amides is 1. The third kappa shape index (κ3) is 4.25. The molecule has 0 aliphatic carbocycles. The number of nitrogens with one attached hydrogen (secondary N) is 1. The van der Waals surface area contributed by atoms with Gasteiger partial charge in [-0.25, -0.2) is 0 Å². The van der Waals surface area contributed by atoms with Gasteiger partial charge in [-0.1, -0.05) is 36.4 Å². The topological polar surface area (TPSA) is 47.6 Å². The van der Waals surface area contributed by atoms with Crippen molar-refractivity contribution < 1.29 is 14.3 Å². The van der Waals surface area contributed by atoms with Crippen LogP contribution >= 0.6 is 0 Å². The van der Waals surface area contributed by atoms with Gasteiger partial charge in [-0.15, -0.1) is 0 Å². The first kappa shape index (κ1) is 15.9. The molecule has 0 aliphatic rings. The number of rotatable bonds is 6. The lowest BCUT2D eigenvalue weighted by Gasteiger charge is -2.19. The molecule has 0 aromatic heterocycles. The van der Waals surface area contributed by atoms with Crippen LogP contribution in [0.2, 0.25) is 0 Å². The normalized spacial score (nSPS) is 13.0. The van der Waals surface area contributed by atoms with E-state index in [9.17, 15) is 4.79 Å². The molecule has 4 nitrogen and oxygen atoms in total. The largest absolute Gasteiger partial charge is 0.497 e. The number of benzene rings is 2. The number of methoxy groups -OCH3 is 1. The lowest BCUT2D eigenvalue weighted by Crippen LogP contribution is -2.37. The molecular weight excluding hydrogens is 278 g/mol. The summed E-state index contributed by atoms with van der Waals surface area (Å²) in [7, 11) is 1.59. The second kappa shape index (κ2) is 7.50. The number of carbonyl (C=O) groups excluding carboxylic acids is 1. The standard InChI is InChI=1S/C18H21NO3/c1-13(15-8-5-4-6-9-15)19-18(20)14(2)22-17-11-7-10-16(12-17)21-3/h4-14H,1-3H3,(H,19,20)/t13-,14+/m0/s1. The summed E-state index contributed by atoms with van der Waals surface area (Å²) in [4.78, 5) is 12.2. The van der Waals surface area contributed by atoms with Gasteiger partial charge in [0, 0.05) is 6.07 Å². The molecule has 0 bridgehead atoms. The average molecular weight is 299 g/mol. The Kier molecular flexibility index (Phi) is 5.42. The van der Waals surface area contributed by atoms with Crippen LogP contribution in [-0.2, 0) is 4.79 Å². The van der Waals surface area contributed by atoms with E-state index in [0.717, 1.165) is 5.56 Å². The quantitative estimate of drug-likeness (QED) is 0.890. The number of hydrogen-bond acceptors (Lipinski definition) is 3. The predicted octanol–water partition coefficient (Wildman–Crippen LogP) is 3.34. The van der Waals surface area contributed by atoms with Crippen LogP contribution in [-0.4, -0.2) is 19.1 Å². The summed E-state index contributed by atoms with van der Waals surface area (Å²) in [6, 6.07) is 17.0. The van der Waals surface area contributed by atoms with Crippen LogP contribution in [0.5, 0.6) is 11.5 Å². The van der Waals surface area contributed by atoms with E-state index in [2.05, 4.69) is 5.32 Å². The highest BCUT2D eigenvalue weighted by atomic mass is 16.5. The van der Waals surface area contributed by atoms with Gasteiger partial charge in [-0.2, -0.15) is 0 Å². The van der Waals surface area contributed by atoms with Gasteiger partial charge in [0.2, 0.25) is 0 Å². The summed E-state index contributed by atoms with van der Waals surface area (Å²) in [5.74, 6) is 1.15. The molecule has 0 aliphatic heterocycles. The van der Waals surface area contributed by atoms with Gasteiger partial charge in [0.1, 0.15) is 11.5 Å². The second-order valence-electron chi connectivity index (χ2n) is 5.08. The molecule has 2 rings (SSSR count). The van der Waals surface area contributed by atoms with Crippen molar-refractivity contribution in [2.24, 2.45) is 0 Å². The van der Waals surface area contributed by atoms with E-state index >= 15 is 0 Å². The lowest BCUT2D eigenvalue weighted by atomic mass is 10.1. The minimum atomic E-state index is -0.585. The van der Waals surface area contributed by atoms with Gasteiger partial charge in [0.25, 0.3) is 5.91 Å². The Morgan fingerprint density at radius 1 is 1.00 bits per heavy atom. The maximum atomic E-state index is 12.2. The highest BCUT2D eigenvalue weighted by Gasteiger charge is 2.17. The molecular formula is C18H21NO3. The monoisotopic (exact) mass is 299 g/mol. The Labute approximate surface area is 131 Å². The zero-order valence-electron chi connectivity index (χ0n) is 13.1. The fraction of sp³-hybridized carbons (Fsp3) is 0.278. The van der Waals surface area contributed by atoms with E-state index in [1.807, 2.05) is 49.4 Å². The summed E-state index contributed by atoms with van der Waals surface area (Å²) in [5, 5.41) is 2.95. The van der Waals surface area contributed by atoms with Crippen LogP contribution < -0.4 is 14.8 Å². The molecule has 0 fully saturated rings. The van der Waals surface area contributed by atoms with E-state index in [4.69, 9.17) is 9.47 Å². The third-order valence-corrected chi connectivity index (χ3v) is 3.38. The van der Waals surface area contributed by atoms with Crippen LogP contribution in [0.1, 0.15) is 25.5 Å². The summed E-state index contributed by atoms with van der Waals surface area (Å²) in [6.45, 7) is 3.68. The van der Waals surface area contributed by atoms with Crippen molar-refractivity contribution in [3.8, 4) is 11.5 Å². The SMILES string of the molecule is COc1cccc(O[C@H](C)C(=O)N[C@@H](C)c2ccccc2)c1. The smallest absolute Gasteiger partial charge is 0.261 e. The van der Waals surface area contributed by atoms with Crippen molar-refractivity contribution in [3.05, 3.63) is 60.2 Å². The zero-order valence-corrected chi connectivity index (χ0v) is 13.1. The average Bonchev–Trinajstić information content (AvgIpc) is 2.55. The number of ether oxygens (including phenoxy) is 2. The van der Waals surface area contributed by atoms with Crippen LogP contribution in [0.3, 0.4) is 0 Å². The first-order valence-electron chi connectivity index (χ1n) is 7.26. The molecule has 0 radical (unpaired) electrons. The first-order chi connectivity index (χ1) is 10.6. The Morgan fingerprint density at radius 3 is 2.36 bits per heavy atom. The number of carbonyl (C=O) groups is 1. The van der Waals surface area contributed by atoms with E-state index in [0.29, 0.717) is 11.5 Å². The first-order valence-corrected chi connectivity index (χ1v) is 7.26. The Balaban J connectivity index is 1.94. The number of hydrogen-bond donors (Lipinski definition) is 1. The molecule has 22 heavy (non-hydrogen) atoms. The van der Waals surface area contributed by atoms with Gasteiger partial charge in [-0.05, 0) is 31.5 Å². The molecule has 2 aromatic carbocycles. The third-order valence-electron chi connectivity index (χ3n) is 3.38. The fourth-order valence-electron chi connectivity index (χ4n) is 2.09. The lowest BCUT2D eigenvalue weighted by molar-refractivity contribution is -0.127. The van der Waals surface area contributed by atoms with Crippen molar-refractivity contribution in [1.29, 1.82) is 0 Å². The maximum absolute atomic E-state index is 12.2. The Morgan fingerprint density at radius 2 is 1.68 bits per heavy atom. The van der Waals surface area contributed by atoms with Gasteiger partial charge < -0.3 is 14.8 Å². The van der Waals surface area contributed by atoms with Crippen LogP contribution in [0.15, 0.2) is 54.6 Å². The van der Waals surface area contributed by atoms with Crippen molar-refractivity contribution in [2.45, 2.75) is 26.0 Å². The minimum Gasteiger partial charge on any atom is -0.497 e. The van der Waals surface area contributed by atoms with E-state index in [-0.39, 0.29) is 11.9 Å². The molecule has 0 spiro atoms. The van der Waals surface area contributed by atoms with E-state index in [1.54, 1.807) is 26.2 Å². The van der Waals surface area contributed by atoms with Gasteiger partial charge in [-0.3, -0.25) is 4.79 Å². The molecule has 2 aromatic rings. The van der Waals surface area contributed by atoms with E-state index < -0.39 is 6.10 Å². The highest BCUT2D eigenvalue weighted by Crippen LogP contribution is 2.20. The molecule has 1 amide bonds. The van der Waals surface area contributed by atoms with Crippen molar-refractivity contribution in [1.82, 2.24) is 5.32 Å². The second-order valence-corrected chi connectivity index (χ2v) is 5.08. The Bertz CT molecular complexity index is 613. The van der Waals surface area contributed by atoms with Crippen LogP contribution in [0.25, 0.3) is 0 Å². The molecule has 1 N–H and O–H groups in total. The van der Waals surface area contributed by atoms with E-state index in [1.165, 1.54) is 0 Å². The molecule has 4 heteroatoms. The zero-order chi connectivity index (χ0) is 15.9. The highest BCUT2D eigenvalue weighted by molar-refractivity contribution is 5.81. The Hall–Kier alpha value is -2.49. The molecule has 0 heterocycles. The summed E-state index contributed by atoms with van der Waals surface area (Å²) >= 11 is 0. The molecule has 0 saturated carbocycles. The fourth-order valence-corrected chi connectivity index (χ4v) is 2.09. The molecule has 0 saturated heterocycles. The van der Waals surface area contributed by atoms with Gasteiger partial charge >= 0.3 is 0 Å². The maximum Gasteiger partial charge on any atom is 0.261 e. The van der Waals surface area contributed by atoms with Crippen molar-refractivity contribution in [2.75, 3.05) is 7.11 Å². The molecule has 0 unspecified atom stereocenters. The summed E-state index contributed by atoms with van der Waals surface area (Å²) in [6.07, 6.45) is -0.585.